The van der Waals surface area contributed by atoms with Crippen molar-refractivity contribution < 1.29 is 9.53 Å². The number of hydrogen-bond donors (Lipinski definition) is 1. The van der Waals surface area contributed by atoms with Crippen LogP contribution < -0.4 is 5.32 Å². The largest absolute Gasteiger partial charge is 0.466 e. The molecule has 2 saturated heterocycles. The summed E-state index contributed by atoms with van der Waals surface area (Å²) in [5, 5.41) is 3.52. The summed E-state index contributed by atoms with van der Waals surface area (Å²) in [6.07, 6.45) is 3.85. The molecule has 0 aliphatic carbocycles. The van der Waals surface area contributed by atoms with Crippen molar-refractivity contribution in [2.45, 2.75) is 52.0 Å². The lowest BCUT2D eigenvalue weighted by Crippen LogP contribution is -2.44. The fourth-order valence-corrected chi connectivity index (χ4v) is 3.87. The molecule has 0 spiro atoms. The monoisotopic (exact) mass is 282 g/mol. The number of esters is 1. The Morgan fingerprint density at radius 3 is 2.80 bits per heavy atom. The first-order valence-corrected chi connectivity index (χ1v) is 8.17. The van der Waals surface area contributed by atoms with Gasteiger partial charge in [0.2, 0.25) is 0 Å². The van der Waals surface area contributed by atoms with Gasteiger partial charge in [-0.05, 0) is 58.5 Å². The molecule has 116 valence electrons. The Morgan fingerprint density at radius 2 is 2.10 bits per heavy atom. The van der Waals surface area contributed by atoms with E-state index >= 15 is 0 Å². The van der Waals surface area contributed by atoms with E-state index in [2.05, 4.69) is 24.1 Å². The Labute approximate surface area is 123 Å². The Hall–Kier alpha value is -0.610. The predicted octanol–water partition coefficient (Wildman–Crippen LogP) is 2.04. The molecule has 0 aromatic heterocycles. The molecule has 0 saturated carbocycles. The molecule has 2 unspecified atom stereocenters. The van der Waals surface area contributed by atoms with Gasteiger partial charge in [0.25, 0.3) is 0 Å². The van der Waals surface area contributed by atoms with E-state index in [0.29, 0.717) is 18.6 Å². The van der Waals surface area contributed by atoms with Gasteiger partial charge in [-0.2, -0.15) is 0 Å². The quantitative estimate of drug-likeness (QED) is 0.573. The Kier molecular flexibility index (Phi) is 5.44. The van der Waals surface area contributed by atoms with Crippen molar-refractivity contribution in [3.05, 3.63) is 0 Å². The molecule has 0 aromatic carbocycles. The third-order valence-corrected chi connectivity index (χ3v) is 5.13. The zero-order valence-electron chi connectivity index (χ0n) is 13.3. The average molecular weight is 282 g/mol. The number of rotatable bonds is 7. The molecule has 2 rings (SSSR count). The molecule has 0 aromatic rings. The maximum absolute atomic E-state index is 11.3. The minimum atomic E-state index is -0.0467. The van der Waals surface area contributed by atoms with E-state index in [-0.39, 0.29) is 5.97 Å². The van der Waals surface area contributed by atoms with Gasteiger partial charge in [0.05, 0.1) is 6.61 Å². The normalized spacial score (nSPS) is 28.6. The number of carbonyl (C=O) groups is 1. The van der Waals surface area contributed by atoms with Crippen LogP contribution in [0.2, 0.25) is 0 Å². The lowest BCUT2D eigenvalue weighted by Gasteiger charge is -2.35. The second-order valence-electron chi connectivity index (χ2n) is 6.74. The maximum atomic E-state index is 11.3. The second kappa shape index (κ2) is 6.90. The lowest BCUT2D eigenvalue weighted by molar-refractivity contribution is -0.143. The van der Waals surface area contributed by atoms with Gasteiger partial charge in [0, 0.05) is 25.0 Å². The van der Waals surface area contributed by atoms with Crippen LogP contribution in [0.15, 0.2) is 0 Å². The zero-order chi connectivity index (χ0) is 14.6. The maximum Gasteiger partial charge on any atom is 0.305 e. The summed E-state index contributed by atoms with van der Waals surface area (Å²) in [6, 6.07) is 0. The van der Waals surface area contributed by atoms with Crippen LogP contribution in [0.25, 0.3) is 0 Å². The summed E-state index contributed by atoms with van der Waals surface area (Å²) in [7, 11) is 0. The Balaban J connectivity index is 1.64. The van der Waals surface area contributed by atoms with Gasteiger partial charge >= 0.3 is 5.97 Å². The molecule has 1 N–H and O–H groups in total. The minimum Gasteiger partial charge on any atom is -0.466 e. The van der Waals surface area contributed by atoms with E-state index in [1.165, 1.54) is 32.6 Å². The number of nitrogens with zero attached hydrogens (tertiary/aromatic N) is 1. The molecule has 2 aliphatic heterocycles. The summed E-state index contributed by atoms with van der Waals surface area (Å²) in [4.78, 5) is 13.9. The van der Waals surface area contributed by atoms with Crippen LogP contribution >= 0.6 is 0 Å². The number of unbranched alkanes of at least 4 members (excludes halogenated alkanes) is 2. The van der Waals surface area contributed by atoms with Crippen molar-refractivity contribution in [3.63, 3.8) is 0 Å². The van der Waals surface area contributed by atoms with Crippen LogP contribution in [-0.2, 0) is 9.53 Å². The molecule has 0 radical (unpaired) electrons. The van der Waals surface area contributed by atoms with Crippen LogP contribution in [0.3, 0.4) is 0 Å². The van der Waals surface area contributed by atoms with Gasteiger partial charge in [0.1, 0.15) is 0 Å². The molecule has 0 amide bonds. The van der Waals surface area contributed by atoms with Crippen molar-refractivity contribution in [1.82, 2.24) is 10.2 Å². The van der Waals surface area contributed by atoms with E-state index < -0.39 is 0 Å². The van der Waals surface area contributed by atoms with Gasteiger partial charge in [-0.1, -0.05) is 6.42 Å². The minimum absolute atomic E-state index is 0.0467. The van der Waals surface area contributed by atoms with Gasteiger partial charge in [-0.3, -0.25) is 9.69 Å². The smallest absolute Gasteiger partial charge is 0.305 e. The van der Waals surface area contributed by atoms with Crippen LogP contribution in [0, 0.1) is 11.8 Å². The van der Waals surface area contributed by atoms with Gasteiger partial charge in [-0.25, -0.2) is 0 Å². The highest BCUT2D eigenvalue weighted by molar-refractivity contribution is 5.69. The van der Waals surface area contributed by atoms with Crippen LogP contribution in [0.4, 0.5) is 0 Å². The van der Waals surface area contributed by atoms with Crippen LogP contribution in [-0.4, -0.2) is 49.2 Å². The van der Waals surface area contributed by atoms with Crippen LogP contribution in [0.1, 0.15) is 46.5 Å². The molecular formula is C16H30N2O2. The molecule has 0 bridgehead atoms. The SMILES string of the molecule is CCOC(=O)CCCCCN1CC2CNCC2C1(C)C. The number of carbonyl (C=O) groups excluding carboxylic acids is 1. The van der Waals surface area contributed by atoms with Gasteiger partial charge < -0.3 is 10.1 Å². The van der Waals surface area contributed by atoms with E-state index in [1.54, 1.807) is 0 Å². The molecule has 2 fully saturated rings. The van der Waals surface area contributed by atoms with Crippen molar-refractivity contribution in [3.8, 4) is 0 Å². The van der Waals surface area contributed by atoms with Crippen molar-refractivity contribution in [2.75, 3.05) is 32.8 Å². The van der Waals surface area contributed by atoms with Gasteiger partial charge in [0.15, 0.2) is 0 Å². The summed E-state index contributed by atoms with van der Waals surface area (Å²) in [5.41, 5.74) is 0.329. The third kappa shape index (κ3) is 3.53. The van der Waals surface area contributed by atoms with E-state index in [4.69, 9.17) is 4.74 Å². The molecule has 2 atom stereocenters. The fourth-order valence-electron chi connectivity index (χ4n) is 3.87. The number of likely N-dealkylation sites (tertiary alicyclic amines) is 1. The summed E-state index contributed by atoms with van der Waals surface area (Å²) < 4.78 is 4.95. The average Bonchev–Trinajstić information content (AvgIpc) is 2.93. The van der Waals surface area contributed by atoms with Gasteiger partial charge in [-0.15, -0.1) is 0 Å². The Morgan fingerprint density at radius 1 is 1.30 bits per heavy atom. The lowest BCUT2D eigenvalue weighted by atomic mass is 9.85. The van der Waals surface area contributed by atoms with Crippen molar-refractivity contribution in [1.29, 1.82) is 0 Å². The first-order valence-electron chi connectivity index (χ1n) is 8.17. The Bertz CT molecular complexity index is 330. The number of nitrogens with one attached hydrogen (secondary N) is 1. The third-order valence-electron chi connectivity index (χ3n) is 5.13. The fraction of sp³-hybridized carbons (Fsp3) is 0.938. The molecule has 4 heteroatoms. The van der Waals surface area contributed by atoms with E-state index in [9.17, 15) is 4.79 Å². The highest BCUT2D eigenvalue weighted by Gasteiger charge is 2.48. The van der Waals surface area contributed by atoms with E-state index in [1.807, 2.05) is 6.92 Å². The summed E-state index contributed by atoms with van der Waals surface area (Å²) in [6.45, 7) is 11.9. The standard InChI is InChI=1S/C16H30N2O2/c1-4-20-15(19)8-6-5-7-9-18-12-13-10-17-11-14(13)16(18,2)3/h13-14,17H,4-12H2,1-3H3. The molecule has 4 nitrogen and oxygen atoms in total. The highest BCUT2D eigenvalue weighted by atomic mass is 16.5. The number of ether oxygens (including phenoxy) is 1. The summed E-state index contributed by atoms with van der Waals surface area (Å²) >= 11 is 0. The number of fused-ring (bicyclic) bond motifs is 1. The first kappa shape index (κ1) is 15.8. The zero-order valence-corrected chi connectivity index (χ0v) is 13.3. The molecule has 2 aliphatic rings. The molecule has 2 heterocycles. The van der Waals surface area contributed by atoms with Crippen LogP contribution in [0.5, 0.6) is 0 Å². The summed E-state index contributed by atoms with van der Waals surface area (Å²) in [5.74, 6) is 1.60. The molecular weight excluding hydrogens is 252 g/mol. The van der Waals surface area contributed by atoms with Crippen molar-refractivity contribution in [2.24, 2.45) is 11.8 Å². The van der Waals surface area contributed by atoms with E-state index in [0.717, 1.165) is 24.7 Å². The predicted molar refractivity (Wildman–Crippen MR) is 80.6 cm³/mol. The highest BCUT2D eigenvalue weighted by Crippen LogP contribution is 2.40. The van der Waals surface area contributed by atoms with Crippen molar-refractivity contribution >= 4 is 5.97 Å². The second-order valence-corrected chi connectivity index (χ2v) is 6.74. The first-order chi connectivity index (χ1) is 9.55. The topological polar surface area (TPSA) is 41.6 Å². The number of hydrogen-bond acceptors (Lipinski definition) is 4. The molecule has 20 heavy (non-hydrogen) atoms.